The minimum atomic E-state index is -1.92. The number of esters is 1. The first-order chi connectivity index (χ1) is 12.7. The molecule has 1 N–H and O–H groups in total. The first-order valence-corrected chi connectivity index (χ1v) is 8.02. The van der Waals surface area contributed by atoms with Gasteiger partial charge in [0, 0.05) is 22.3 Å². The van der Waals surface area contributed by atoms with Crippen LogP contribution in [0.5, 0.6) is 0 Å². The van der Waals surface area contributed by atoms with Crippen molar-refractivity contribution in [1.82, 2.24) is 0 Å². The zero-order valence-electron chi connectivity index (χ0n) is 13.6. The smallest absolute Gasteiger partial charge is 0.341 e. The molecule has 26 heavy (non-hydrogen) atoms. The number of ether oxygens (including phenoxy) is 1. The fourth-order valence-corrected chi connectivity index (χ4v) is 3.22. The fraction of sp³-hybridized carbons (Fsp3) is 0.0476. The normalized spacial score (nSPS) is 14.3. The van der Waals surface area contributed by atoms with E-state index in [1.807, 2.05) is 0 Å². The highest BCUT2D eigenvalue weighted by atomic mass is 17.1. The van der Waals surface area contributed by atoms with Gasteiger partial charge in [0.25, 0.3) is 5.79 Å². The van der Waals surface area contributed by atoms with Crippen molar-refractivity contribution in [3.05, 3.63) is 107 Å². The molecule has 0 aliphatic heterocycles. The Morgan fingerprint density at radius 1 is 0.769 bits per heavy atom. The number of ketones is 1. The molecule has 0 heterocycles. The van der Waals surface area contributed by atoms with Gasteiger partial charge in [-0.1, -0.05) is 66.7 Å². The number of carbonyl (C=O) groups is 2. The second kappa shape index (κ2) is 6.22. The van der Waals surface area contributed by atoms with Crippen LogP contribution in [0.3, 0.4) is 0 Å². The molecule has 3 aromatic rings. The summed E-state index contributed by atoms with van der Waals surface area (Å²) >= 11 is 0. The molecule has 1 aliphatic rings. The molecule has 0 bridgehead atoms. The largest absolute Gasteiger partial charge is 0.418 e. The van der Waals surface area contributed by atoms with E-state index in [1.165, 1.54) is 0 Å². The zero-order valence-corrected chi connectivity index (χ0v) is 13.6. The van der Waals surface area contributed by atoms with Gasteiger partial charge in [-0.2, -0.15) is 4.89 Å². The van der Waals surface area contributed by atoms with Gasteiger partial charge < -0.3 is 4.74 Å². The van der Waals surface area contributed by atoms with Crippen LogP contribution in [0.25, 0.3) is 0 Å². The van der Waals surface area contributed by atoms with Crippen molar-refractivity contribution in [2.75, 3.05) is 0 Å². The van der Waals surface area contributed by atoms with Crippen LogP contribution in [-0.4, -0.2) is 17.0 Å². The molecule has 0 radical (unpaired) electrons. The quantitative estimate of drug-likeness (QED) is 0.338. The topological polar surface area (TPSA) is 72.8 Å². The summed E-state index contributed by atoms with van der Waals surface area (Å²) in [6.45, 7) is 0. The molecule has 5 heteroatoms. The predicted octanol–water partition coefficient (Wildman–Crippen LogP) is 3.78. The third-order valence-electron chi connectivity index (χ3n) is 4.43. The molecule has 0 saturated carbocycles. The second-order valence-electron chi connectivity index (χ2n) is 5.88. The van der Waals surface area contributed by atoms with Crippen LogP contribution in [0.2, 0.25) is 0 Å². The summed E-state index contributed by atoms with van der Waals surface area (Å²) in [6, 6.07) is 21.6. The van der Waals surface area contributed by atoms with E-state index in [0.29, 0.717) is 16.7 Å². The van der Waals surface area contributed by atoms with Crippen LogP contribution in [0.4, 0.5) is 0 Å². The van der Waals surface area contributed by atoms with Crippen molar-refractivity contribution in [3.8, 4) is 0 Å². The van der Waals surface area contributed by atoms with E-state index in [-0.39, 0.29) is 16.9 Å². The van der Waals surface area contributed by atoms with Gasteiger partial charge in [0.15, 0.2) is 5.78 Å². The van der Waals surface area contributed by atoms with E-state index in [9.17, 15) is 14.8 Å². The Hall–Kier alpha value is -3.28. The lowest BCUT2D eigenvalue weighted by Crippen LogP contribution is -2.41. The molecule has 1 aliphatic carbocycles. The summed E-state index contributed by atoms with van der Waals surface area (Å²) in [5.41, 5.74) is 1.46. The SMILES string of the molecule is O=C(OC1(OO)c2ccccc2C(=O)c2ccccc21)c1ccccc1. The lowest BCUT2D eigenvalue weighted by Gasteiger charge is -2.36. The number of carbonyl (C=O) groups excluding carboxylic acids is 2. The third kappa shape index (κ3) is 2.34. The second-order valence-corrected chi connectivity index (χ2v) is 5.88. The molecule has 0 aromatic heterocycles. The van der Waals surface area contributed by atoms with Gasteiger partial charge in [0.2, 0.25) is 0 Å². The minimum absolute atomic E-state index is 0.223. The zero-order chi connectivity index (χ0) is 18.1. The van der Waals surface area contributed by atoms with Gasteiger partial charge >= 0.3 is 5.97 Å². The minimum Gasteiger partial charge on any atom is -0.418 e. The maximum Gasteiger partial charge on any atom is 0.341 e. The standard InChI is InChI=1S/C21H14O5/c22-19-15-10-4-6-12-17(15)21(26-24,18-13-7-5-11-16(18)19)25-20(23)14-8-2-1-3-9-14/h1-13,24H. The molecule has 3 aromatic carbocycles. The van der Waals surface area contributed by atoms with Crippen molar-refractivity contribution in [2.24, 2.45) is 0 Å². The molecular weight excluding hydrogens is 332 g/mol. The summed E-state index contributed by atoms with van der Waals surface area (Å²) in [5.74, 6) is -2.83. The molecule has 0 unspecified atom stereocenters. The molecule has 5 nitrogen and oxygen atoms in total. The lowest BCUT2D eigenvalue weighted by atomic mass is 9.80. The van der Waals surface area contributed by atoms with Crippen molar-refractivity contribution >= 4 is 11.8 Å². The number of hydrogen-bond donors (Lipinski definition) is 1. The highest BCUT2D eigenvalue weighted by Gasteiger charge is 2.49. The number of hydrogen-bond acceptors (Lipinski definition) is 5. The summed E-state index contributed by atoms with van der Waals surface area (Å²) in [6.07, 6.45) is 0. The average Bonchev–Trinajstić information content (AvgIpc) is 2.72. The van der Waals surface area contributed by atoms with Crippen molar-refractivity contribution in [3.63, 3.8) is 0 Å². The Bertz CT molecular complexity index is 945. The Morgan fingerprint density at radius 3 is 1.81 bits per heavy atom. The maximum atomic E-state index is 12.8. The molecule has 128 valence electrons. The summed E-state index contributed by atoms with van der Waals surface area (Å²) < 4.78 is 5.65. The van der Waals surface area contributed by atoms with Gasteiger partial charge in [-0.15, -0.1) is 0 Å². The Kier molecular flexibility index (Phi) is 3.88. The molecule has 0 fully saturated rings. The van der Waals surface area contributed by atoms with Gasteiger partial charge in [-0.25, -0.2) is 10.1 Å². The number of benzene rings is 3. The van der Waals surface area contributed by atoms with E-state index in [1.54, 1.807) is 78.9 Å². The van der Waals surface area contributed by atoms with Gasteiger partial charge in [-0.3, -0.25) is 4.79 Å². The number of rotatable bonds is 3. The Morgan fingerprint density at radius 2 is 1.27 bits per heavy atom. The van der Waals surface area contributed by atoms with Gasteiger partial charge in [0.05, 0.1) is 5.56 Å². The fourth-order valence-electron chi connectivity index (χ4n) is 3.22. The highest BCUT2D eigenvalue weighted by Crippen LogP contribution is 2.43. The monoisotopic (exact) mass is 346 g/mol. The first kappa shape index (κ1) is 16.2. The summed E-state index contributed by atoms with van der Waals surface area (Å²) in [7, 11) is 0. The molecule has 0 spiro atoms. The first-order valence-electron chi connectivity index (χ1n) is 8.02. The average molecular weight is 346 g/mol. The molecule has 0 amide bonds. The van der Waals surface area contributed by atoms with E-state index >= 15 is 0 Å². The van der Waals surface area contributed by atoms with E-state index in [4.69, 9.17) is 9.62 Å². The van der Waals surface area contributed by atoms with Crippen LogP contribution in [0.1, 0.15) is 37.4 Å². The summed E-state index contributed by atoms with van der Waals surface area (Å²) in [5, 5.41) is 9.83. The third-order valence-corrected chi connectivity index (χ3v) is 4.43. The van der Waals surface area contributed by atoms with E-state index < -0.39 is 11.8 Å². The predicted molar refractivity (Wildman–Crippen MR) is 92.7 cm³/mol. The van der Waals surface area contributed by atoms with Crippen molar-refractivity contribution in [1.29, 1.82) is 0 Å². The molecule has 0 atom stereocenters. The van der Waals surface area contributed by atoms with Crippen LogP contribution in [0.15, 0.2) is 78.9 Å². The molecular formula is C21H14O5. The molecule has 0 saturated heterocycles. The van der Waals surface area contributed by atoms with Crippen molar-refractivity contribution in [2.45, 2.75) is 5.79 Å². The van der Waals surface area contributed by atoms with Crippen LogP contribution < -0.4 is 0 Å². The highest BCUT2D eigenvalue weighted by molar-refractivity contribution is 6.13. The maximum absolute atomic E-state index is 12.8. The van der Waals surface area contributed by atoms with Gasteiger partial charge in [0.1, 0.15) is 0 Å². The Balaban J connectivity index is 1.91. The lowest BCUT2D eigenvalue weighted by molar-refractivity contribution is -0.380. The Labute approximate surface area is 149 Å². The van der Waals surface area contributed by atoms with Crippen LogP contribution >= 0.6 is 0 Å². The number of fused-ring (bicyclic) bond motifs is 2. The van der Waals surface area contributed by atoms with Crippen LogP contribution in [-0.2, 0) is 15.4 Å². The van der Waals surface area contributed by atoms with E-state index in [2.05, 4.69) is 0 Å². The van der Waals surface area contributed by atoms with Gasteiger partial charge in [-0.05, 0) is 12.1 Å². The molecule has 4 rings (SSSR count). The van der Waals surface area contributed by atoms with E-state index in [0.717, 1.165) is 0 Å². The summed E-state index contributed by atoms with van der Waals surface area (Å²) in [4.78, 5) is 30.2. The van der Waals surface area contributed by atoms with Crippen molar-refractivity contribution < 1.29 is 24.5 Å². The van der Waals surface area contributed by atoms with Crippen LogP contribution in [0, 0.1) is 0 Å².